The SMILES string of the molecule is O=C(C1CCCCN1Cc1ccccc1)N1CCOc2ccc(CN3CCN(CCO)CC3)cc2C1. The van der Waals surface area contributed by atoms with Gasteiger partial charge in [-0.25, -0.2) is 0 Å². The molecule has 0 radical (unpaired) electrons. The van der Waals surface area contributed by atoms with E-state index in [-0.39, 0.29) is 18.6 Å². The summed E-state index contributed by atoms with van der Waals surface area (Å²) in [4.78, 5) is 23.0. The molecule has 2 fully saturated rings. The van der Waals surface area contributed by atoms with Gasteiger partial charge in [-0.15, -0.1) is 0 Å². The van der Waals surface area contributed by atoms with Crippen LogP contribution in [0.2, 0.25) is 0 Å². The molecule has 0 spiro atoms. The number of ether oxygens (including phenoxy) is 1. The van der Waals surface area contributed by atoms with Gasteiger partial charge in [-0.1, -0.05) is 42.8 Å². The third-order valence-corrected chi connectivity index (χ3v) is 7.83. The van der Waals surface area contributed by atoms with Gasteiger partial charge in [-0.05, 0) is 42.6 Å². The predicted molar refractivity (Wildman–Crippen MR) is 141 cm³/mol. The fourth-order valence-corrected chi connectivity index (χ4v) is 5.79. The monoisotopic (exact) mass is 492 g/mol. The number of fused-ring (bicyclic) bond motifs is 1. The molecule has 36 heavy (non-hydrogen) atoms. The standard InChI is InChI=1S/C29H40N4O3/c34-18-16-30-12-14-31(15-13-30)21-25-9-10-28-26(20-25)23-33(17-19-36-28)29(35)27-8-4-5-11-32(27)22-24-6-2-1-3-7-24/h1-3,6-7,9-10,20,27,34H,4-5,8,11-19,21-23H2. The number of rotatable bonds is 7. The second-order valence-corrected chi connectivity index (χ2v) is 10.4. The first kappa shape index (κ1) is 25.2. The number of amides is 1. The van der Waals surface area contributed by atoms with Crippen molar-refractivity contribution in [2.24, 2.45) is 0 Å². The highest BCUT2D eigenvalue weighted by molar-refractivity contribution is 5.82. The Bertz CT molecular complexity index is 993. The Morgan fingerprint density at radius 2 is 1.69 bits per heavy atom. The summed E-state index contributed by atoms with van der Waals surface area (Å²) in [6.45, 7) is 9.49. The number of likely N-dealkylation sites (tertiary alicyclic amines) is 1. The van der Waals surface area contributed by atoms with E-state index in [1.54, 1.807) is 0 Å². The van der Waals surface area contributed by atoms with E-state index in [2.05, 4.69) is 57.2 Å². The second kappa shape index (κ2) is 12.2. The maximum Gasteiger partial charge on any atom is 0.240 e. The van der Waals surface area contributed by atoms with Gasteiger partial charge in [-0.3, -0.25) is 19.5 Å². The van der Waals surface area contributed by atoms with Crippen LogP contribution in [0.4, 0.5) is 0 Å². The third-order valence-electron chi connectivity index (χ3n) is 7.83. The molecule has 2 aromatic carbocycles. The molecule has 7 heteroatoms. The molecule has 2 saturated heterocycles. The number of β-amino-alcohol motifs (C(OH)–C–C–N with tert-alkyl or cyclic N) is 1. The minimum absolute atomic E-state index is 0.0566. The zero-order chi connectivity index (χ0) is 24.7. The van der Waals surface area contributed by atoms with Crippen molar-refractivity contribution in [2.75, 3.05) is 59.0 Å². The highest BCUT2D eigenvalue weighted by Gasteiger charge is 2.33. The number of benzene rings is 2. The molecule has 0 aliphatic carbocycles. The lowest BCUT2D eigenvalue weighted by Gasteiger charge is -2.37. The lowest BCUT2D eigenvalue weighted by Crippen LogP contribution is -2.50. The summed E-state index contributed by atoms with van der Waals surface area (Å²) in [5.41, 5.74) is 3.65. The van der Waals surface area contributed by atoms with Crippen LogP contribution in [-0.2, 0) is 24.4 Å². The molecule has 1 N–H and O–H groups in total. The fourth-order valence-electron chi connectivity index (χ4n) is 5.79. The maximum absolute atomic E-state index is 13.8. The number of piperidine rings is 1. The molecule has 5 rings (SSSR count). The summed E-state index contributed by atoms with van der Waals surface area (Å²) < 4.78 is 6.07. The zero-order valence-electron chi connectivity index (χ0n) is 21.4. The van der Waals surface area contributed by atoms with E-state index in [0.717, 1.165) is 82.9 Å². The zero-order valence-corrected chi connectivity index (χ0v) is 21.4. The Labute approximate surface area is 215 Å². The Balaban J connectivity index is 1.24. The van der Waals surface area contributed by atoms with Crippen molar-refractivity contribution in [1.82, 2.24) is 19.6 Å². The van der Waals surface area contributed by atoms with E-state index < -0.39 is 0 Å². The highest BCUT2D eigenvalue weighted by atomic mass is 16.5. The van der Waals surface area contributed by atoms with Crippen LogP contribution in [-0.4, -0.2) is 95.7 Å². The number of hydrogen-bond donors (Lipinski definition) is 1. The first-order chi connectivity index (χ1) is 17.7. The van der Waals surface area contributed by atoms with Crippen molar-refractivity contribution in [2.45, 2.75) is 44.9 Å². The molecule has 0 aromatic heterocycles. The van der Waals surface area contributed by atoms with Crippen LogP contribution < -0.4 is 4.74 Å². The maximum atomic E-state index is 13.8. The predicted octanol–water partition coefficient (Wildman–Crippen LogP) is 2.57. The van der Waals surface area contributed by atoms with Gasteiger partial charge < -0.3 is 14.7 Å². The molecule has 7 nitrogen and oxygen atoms in total. The number of carbonyl (C=O) groups is 1. The smallest absolute Gasteiger partial charge is 0.240 e. The van der Waals surface area contributed by atoms with Crippen molar-refractivity contribution < 1.29 is 14.6 Å². The fraction of sp³-hybridized carbons (Fsp3) is 0.552. The normalized spacial score (nSPS) is 22.0. The van der Waals surface area contributed by atoms with E-state index in [1.807, 2.05) is 11.0 Å². The summed E-state index contributed by atoms with van der Waals surface area (Å²) in [7, 11) is 0. The lowest BCUT2D eigenvalue weighted by atomic mass is 9.99. The van der Waals surface area contributed by atoms with Crippen molar-refractivity contribution in [3.8, 4) is 5.75 Å². The summed E-state index contributed by atoms with van der Waals surface area (Å²) in [5, 5.41) is 9.18. The van der Waals surface area contributed by atoms with Crippen LogP contribution >= 0.6 is 0 Å². The third kappa shape index (κ3) is 6.27. The summed E-state index contributed by atoms with van der Waals surface area (Å²) >= 11 is 0. The number of aliphatic hydroxyl groups is 1. The van der Waals surface area contributed by atoms with Crippen LogP contribution in [0.5, 0.6) is 5.75 Å². The van der Waals surface area contributed by atoms with Gasteiger partial charge in [0, 0.05) is 57.9 Å². The number of hydrogen-bond acceptors (Lipinski definition) is 6. The molecule has 3 aliphatic rings. The molecule has 1 atom stereocenters. The molecule has 2 aromatic rings. The van der Waals surface area contributed by atoms with Gasteiger partial charge in [0.05, 0.1) is 19.2 Å². The molecule has 3 heterocycles. The van der Waals surface area contributed by atoms with Crippen LogP contribution in [0.25, 0.3) is 0 Å². The second-order valence-electron chi connectivity index (χ2n) is 10.4. The lowest BCUT2D eigenvalue weighted by molar-refractivity contribution is -0.139. The van der Waals surface area contributed by atoms with Gasteiger partial charge in [0.15, 0.2) is 0 Å². The van der Waals surface area contributed by atoms with E-state index in [0.29, 0.717) is 19.7 Å². The number of aliphatic hydroxyl groups excluding tert-OH is 1. The molecular formula is C29H40N4O3. The first-order valence-electron chi connectivity index (χ1n) is 13.6. The van der Waals surface area contributed by atoms with Gasteiger partial charge in [-0.2, -0.15) is 0 Å². The van der Waals surface area contributed by atoms with E-state index in [4.69, 9.17) is 4.74 Å². The van der Waals surface area contributed by atoms with Crippen molar-refractivity contribution in [3.63, 3.8) is 0 Å². The molecule has 0 bridgehead atoms. The first-order valence-corrected chi connectivity index (χ1v) is 13.6. The highest BCUT2D eigenvalue weighted by Crippen LogP contribution is 2.28. The molecule has 194 valence electrons. The van der Waals surface area contributed by atoms with E-state index >= 15 is 0 Å². The molecule has 1 amide bonds. The minimum Gasteiger partial charge on any atom is -0.491 e. The summed E-state index contributed by atoms with van der Waals surface area (Å²) in [5.74, 6) is 1.15. The number of piperazine rings is 1. The number of nitrogens with zero attached hydrogens (tertiary/aromatic N) is 4. The molecule has 0 saturated carbocycles. The van der Waals surface area contributed by atoms with Gasteiger partial charge in [0.2, 0.25) is 5.91 Å². The Hall–Kier alpha value is -2.45. The molecule has 3 aliphatic heterocycles. The quantitative estimate of drug-likeness (QED) is 0.641. The van der Waals surface area contributed by atoms with Crippen LogP contribution in [0.1, 0.15) is 36.0 Å². The molecule has 1 unspecified atom stereocenters. The average Bonchev–Trinajstić information content (AvgIpc) is 3.13. The minimum atomic E-state index is -0.0566. The van der Waals surface area contributed by atoms with Crippen LogP contribution in [0, 0.1) is 0 Å². The largest absolute Gasteiger partial charge is 0.491 e. The summed E-state index contributed by atoms with van der Waals surface area (Å²) in [6, 6.07) is 16.9. The van der Waals surface area contributed by atoms with Gasteiger partial charge in [0.25, 0.3) is 0 Å². The van der Waals surface area contributed by atoms with Crippen molar-refractivity contribution in [3.05, 3.63) is 65.2 Å². The van der Waals surface area contributed by atoms with Crippen LogP contribution in [0.15, 0.2) is 48.5 Å². The van der Waals surface area contributed by atoms with E-state index in [9.17, 15) is 9.90 Å². The Morgan fingerprint density at radius 3 is 2.50 bits per heavy atom. The van der Waals surface area contributed by atoms with Gasteiger partial charge >= 0.3 is 0 Å². The van der Waals surface area contributed by atoms with Crippen LogP contribution in [0.3, 0.4) is 0 Å². The van der Waals surface area contributed by atoms with Crippen molar-refractivity contribution >= 4 is 5.91 Å². The van der Waals surface area contributed by atoms with Gasteiger partial charge in [0.1, 0.15) is 12.4 Å². The summed E-state index contributed by atoms with van der Waals surface area (Å²) in [6.07, 6.45) is 3.19. The van der Waals surface area contributed by atoms with Crippen molar-refractivity contribution in [1.29, 1.82) is 0 Å². The Morgan fingerprint density at radius 1 is 0.889 bits per heavy atom. The van der Waals surface area contributed by atoms with E-state index in [1.165, 1.54) is 11.1 Å². The number of carbonyl (C=O) groups excluding carboxylic acids is 1. The molecular weight excluding hydrogens is 452 g/mol. The average molecular weight is 493 g/mol. The topological polar surface area (TPSA) is 59.5 Å². The Kier molecular flexibility index (Phi) is 8.54.